The van der Waals surface area contributed by atoms with E-state index in [1.807, 2.05) is 0 Å². The van der Waals surface area contributed by atoms with E-state index in [1.54, 1.807) is 0 Å². The molecule has 1 aliphatic rings. The largest absolute Gasteiger partial charge is 0.310 e. The zero-order valence-corrected chi connectivity index (χ0v) is 29.7. The average molecular weight is 689 g/mol. The summed E-state index contributed by atoms with van der Waals surface area (Å²) in [5.74, 6) is 0. The molecule has 0 saturated heterocycles. The molecule has 0 spiro atoms. The number of para-hydroxylation sites is 2. The third kappa shape index (κ3) is 5.53. The summed E-state index contributed by atoms with van der Waals surface area (Å²) in [4.78, 5) is 4.78. The third-order valence-electron chi connectivity index (χ3n) is 10.6. The number of benzene rings is 9. The molecule has 0 atom stereocenters. The van der Waals surface area contributed by atoms with Crippen LogP contribution in [-0.2, 0) is 0 Å². The molecule has 2 heteroatoms. The van der Waals surface area contributed by atoms with Gasteiger partial charge in [0.2, 0.25) is 0 Å². The number of hydrogen-bond acceptors (Lipinski definition) is 2. The van der Waals surface area contributed by atoms with Gasteiger partial charge in [0, 0.05) is 33.6 Å². The SMILES string of the molecule is c1ccc(-c2ccc(N(c3ccc(-c4ccc5c(c4)-c4ccccc4-c4ccccc4N5c4ccccc4)cc3)c3cccc4ccccc34)cc2)cc1. The van der Waals surface area contributed by atoms with E-state index in [2.05, 4.69) is 228 Å². The van der Waals surface area contributed by atoms with Crippen molar-refractivity contribution in [2.75, 3.05) is 9.80 Å². The van der Waals surface area contributed by atoms with Gasteiger partial charge < -0.3 is 9.80 Å². The van der Waals surface area contributed by atoms with Crippen LogP contribution in [0.4, 0.5) is 34.1 Å². The molecular weight excluding hydrogens is 653 g/mol. The Morgan fingerprint density at radius 3 is 1.54 bits per heavy atom. The summed E-state index contributed by atoms with van der Waals surface area (Å²) in [6.07, 6.45) is 0. The summed E-state index contributed by atoms with van der Waals surface area (Å²) in [5, 5.41) is 2.43. The molecule has 254 valence electrons. The summed E-state index contributed by atoms with van der Waals surface area (Å²) in [5.41, 5.74) is 16.5. The van der Waals surface area contributed by atoms with Crippen molar-refractivity contribution >= 4 is 44.9 Å². The molecule has 1 aliphatic heterocycles. The monoisotopic (exact) mass is 688 g/mol. The van der Waals surface area contributed by atoms with Crippen LogP contribution >= 0.6 is 0 Å². The first kappa shape index (κ1) is 31.6. The molecule has 0 N–H and O–H groups in total. The van der Waals surface area contributed by atoms with Gasteiger partial charge in [0.1, 0.15) is 0 Å². The maximum absolute atomic E-state index is 2.41. The van der Waals surface area contributed by atoms with Gasteiger partial charge in [0.15, 0.2) is 0 Å². The van der Waals surface area contributed by atoms with E-state index >= 15 is 0 Å². The Balaban J connectivity index is 1.09. The Labute approximate surface area is 316 Å². The molecule has 0 aliphatic carbocycles. The highest BCUT2D eigenvalue weighted by Crippen LogP contribution is 2.51. The van der Waals surface area contributed by atoms with Gasteiger partial charge in [-0.15, -0.1) is 0 Å². The van der Waals surface area contributed by atoms with Crippen molar-refractivity contribution in [3.05, 3.63) is 218 Å². The van der Waals surface area contributed by atoms with Crippen LogP contribution in [-0.4, -0.2) is 0 Å². The molecule has 0 saturated carbocycles. The second-order valence-corrected chi connectivity index (χ2v) is 13.8. The third-order valence-corrected chi connectivity index (χ3v) is 10.6. The van der Waals surface area contributed by atoms with Crippen LogP contribution in [0, 0.1) is 0 Å². The Kier molecular flexibility index (Phi) is 7.85. The van der Waals surface area contributed by atoms with Gasteiger partial charge in [-0.3, -0.25) is 0 Å². The van der Waals surface area contributed by atoms with Crippen LogP contribution in [0.2, 0.25) is 0 Å². The molecule has 0 aromatic heterocycles. The molecule has 2 nitrogen and oxygen atoms in total. The zero-order chi connectivity index (χ0) is 35.8. The molecule has 10 rings (SSSR count). The summed E-state index contributed by atoms with van der Waals surface area (Å²) < 4.78 is 0. The van der Waals surface area contributed by atoms with Crippen LogP contribution in [0.3, 0.4) is 0 Å². The highest BCUT2D eigenvalue weighted by Gasteiger charge is 2.26. The van der Waals surface area contributed by atoms with Crippen molar-refractivity contribution in [2.45, 2.75) is 0 Å². The zero-order valence-electron chi connectivity index (χ0n) is 29.7. The van der Waals surface area contributed by atoms with Crippen molar-refractivity contribution in [1.82, 2.24) is 0 Å². The van der Waals surface area contributed by atoms with E-state index in [1.165, 1.54) is 66.7 Å². The van der Waals surface area contributed by atoms with Gasteiger partial charge in [-0.1, -0.05) is 158 Å². The summed E-state index contributed by atoms with van der Waals surface area (Å²) in [7, 11) is 0. The van der Waals surface area contributed by atoms with Crippen molar-refractivity contribution in [3.8, 4) is 44.5 Å². The summed E-state index contributed by atoms with van der Waals surface area (Å²) in [6, 6.07) is 78.9. The molecule has 0 unspecified atom stereocenters. The van der Waals surface area contributed by atoms with Crippen LogP contribution in [0.5, 0.6) is 0 Å². The van der Waals surface area contributed by atoms with Crippen molar-refractivity contribution < 1.29 is 0 Å². The lowest BCUT2D eigenvalue weighted by molar-refractivity contribution is 1.29. The van der Waals surface area contributed by atoms with E-state index in [0.29, 0.717) is 0 Å². The van der Waals surface area contributed by atoms with Crippen molar-refractivity contribution in [3.63, 3.8) is 0 Å². The van der Waals surface area contributed by atoms with Gasteiger partial charge in [-0.2, -0.15) is 0 Å². The highest BCUT2D eigenvalue weighted by molar-refractivity contribution is 6.03. The molecule has 9 aromatic carbocycles. The molecule has 0 radical (unpaired) electrons. The smallest absolute Gasteiger partial charge is 0.0540 e. The van der Waals surface area contributed by atoms with Crippen LogP contribution in [0.1, 0.15) is 0 Å². The topological polar surface area (TPSA) is 6.48 Å². The minimum atomic E-state index is 1.10. The fourth-order valence-corrected chi connectivity index (χ4v) is 8.03. The van der Waals surface area contributed by atoms with Gasteiger partial charge in [-0.25, -0.2) is 0 Å². The molecule has 0 bridgehead atoms. The standard InChI is InChI=1S/C52H36N2/c1-3-14-37(15-4-1)38-26-31-43(32-27-38)53(50-25-13-17-40-16-7-8-20-45(40)50)44-33-28-39(29-34-44)41-30-35-52-49(36-41)47-22-10-9-21-46(47)48-23-11-12-24-51(48)54(52)42-18-5-2-6-19-42/h1-36H. The van der Waals surface area contributed by atoms with Gasteiger partial charge in [0.05, 0.1) is 17.1 Å². The first-order valence-corrected chi connectivity index (χ1v) is 18.5. The lowest BCUT2D eigenvalue weighted by Crippen LogP contribution is -2.11. The average Bonchev–Trinajstić information content (AvgIpc) is 3.37. The molecule has 0 fully saturated rings. The molecule has 9 aromatic rings. The Bertz CT molecular complexity index is 2750. The van der Waals surface area contributed by atoms with Crippen LogP contribution in [0.15, 0.2) is 218 Å². The predicted molar refractivity (Wildman–Crippen MR) is 229 cm³/mol. The van der Waals surface area contributed by atoms with E-state index in [0.717, 1.165) is 22.7 Å². The van der Waals surface area contributed by atoms with E-state index in [4.69, 9.17) is 0 Å². The lowest BCUT2D eigenvalue weighted by Gasteiger charge is -2.28. The van der Waals surface area contributed by atoms with Crippen LogP contribution in [0.25, 0.3) is 55.3 Å². The first-order chi connectivity index (χ1) is 26.8. The minimum Gasteiger partial charge on any atom is -0.310 e. The molecule has 54 heavy (non-hydrogen) atoms. The normalized spacial score (nSPS) is 11.7. The Morgan fingerprint density at radius 1 is 0.315 bits per heavy atom. The molecule has 0 amide bonds. The van der Waals surface area contributed by atoms with Gasteiger partial charge in [0.25, 0.3) is 0 Å². The molecular formula is C52H36N2. The van der Waals surface area contributed by atoms with E-state index in [9.17, 15) is 0 Å². The second kappa shape index (κ2) is 13.4. The van der Waals surface area contributed by atoms with Crippen molar-refractivity contribution in [2.24, 2.45) is 0 Å². The van der Waals surface area contributed by atoms with Crippen molar-refractivity contribution in [1.29, 1.82) is 0 Å². The summed E-state index contributed by atoms with van der Waals surface area (Å²) >= 11 is 0. The first-order valence-electron chi connectivity index (χ1n) is 18.5. The number of rotatable bonds is 6. The predicted octanol–water partition coefficient (Wildman–Crippen LogP) is 14.8. The highest BCUT2D eigenvalue weighted by atomic mass is 15.2. The number of fused-ring (bicyclic) bond motifs is 6. The summed E-state index contributed by atoms with van der Waals surface area (Å²) in [6.45, 7) is 0. The Hall–Kier alpha value is -7.16. The minimum absolute atomic E-state index is 1.10. The van der Waals surface area contributed by atoms with E-state index in [-0.39, 0.29) is 0 Å². The number of hydrogen-bond donors (Lipinski definition) is 0. The van der Waals surface area contributed by atoms with Gasteiger partial charge in [-0.05, 0) is 99.4 Å². The maximum Gasteiger partial charge on any atom is 0.0540 e. The fourth-order valence-electron chi connectivity index (χ4n) is 8.03. The number of anilines is 6. The fraction of sp³-hybridized carbons (Fsp3) is 0. The lowest BCUT2D eigenvalue weighted by atomic mass is 9.92. The van der Waals surface area contributed by atoms with Crippen LogP contribution < -0.4 is 9.80 Å². The van der Waals surface area contributed by atoms with Gasteiger partial charge >= 0.3 is 0 Å². The number of nitrogens with zero attached hydrogens (tertiary/aromatic N) is 2. The maximum atomic E-state index is 2.41. The quantitative estimate of drug-likeness (QED) is 0.172. The second-order valence-electron chi connectivity index (χ2n) is 13.8. The Morgan fingerprint density at radius 2 is 0.815 bits per heavy atom. The molecule has 1 heterocycles. The van der Waals surface area contributed by atoms with E-state index < -0.39 is 0 Å².